The van der Waals surface area contributed by atoms with Crippen molar-refractivity contribution in [3.63, 3.8) is 0 Å². The van der Waals surface area contributed by atoms with Gasteiger partial charge in [-0.05, 0) is 31.0 Å². The number of rotatable bonds is 6. The fourth-order valence-corrected chi connectivity index (χ4v) is 4.87. The highest BCUT2D eigenvalue weighted by Gasteiger charge is 2.26. The third-order valence-corrected chi connectivity index (χ3v) is 7.29. The highest BCUT2D eigenvalue weighted by Crippen LogP contribution is 2.25. The van der Waals surface area contributed by atoms with E-state index in [1.165, 1.54) is 16.2 Å². The Bertz CT molecular complexity index is 1640. The molecule has 5 rings (SSSR count). The van der Waals surface area contributed by atoms with Crippen LogP contribution in [-0.2, 0) is 25.6 Å². The summed E-state index contributed by atoms with van der Waals surface area (Å²) in [6, 6.07) is 17.0. The van der Waals surface area contributed by atoms with Gasteiger partial charge < -0.3 is 4.90 Å². The van der Waals surface area contributed by atoms with Crippen molar-refractivity contribution >= 4 is 17.1 Å². The van der Waals surface area contributed by atoms with Gasteiger partial charge in [0, 0.05) is 45.3 Å². The summed E-state index contributed by atoms with van der Waals surface area (Å²) in [4.78, 5) is 36.5. The van der Waals surface area contributed by atoms with Crippen LogP contribution in [0, 0.1) is 17.1 Å². The fraction of sp³-hybridized carbons (Fsp3) is 0.357. The molecule has 1 fully saturated rings. The number of nitriles is 1. The summed E-state index contributed by atoms with van der Waals surface area (Å²) in [5.74, 6) is 0.174. The molecule has 4 aromatic rings. The normalized spacial score (nSPS) is 14.7. The molecule has 0 unspecified atom stereocenters. The molecule has 0 aliphatic carbocycles. The smallest absolute Gasteiger partial charge is 0.329 e. The van der Waals surface area contributed by atoms with Crippen molar-refractivity contribution in [2.75, 3.05) is 31.1 Å². The number of anilines is 1. The van der Waals surface area contributed by atoms with Crippen molar-refractivity contribution < 1.29 is 4.39 Å². The Morgan fingerprint density at radius 3 is 2.37 bits per heavy atom. The van der Waals surface area contributed by atoms with Crippen LogP contribution in [0.2, 0.25) is 0 Å². The van der Waals surface area contributed by atoms with Gasteiger partial charge >= 0.3 is 5.69 Å². The summed E-state index contributed by atoms with van der Waals surface area (Å²) in [6.45, 7) is 7.57. The predicted octanol–water partition coefficient (Wildman–Crippen LogP) is 2.73. The number of benzene rings is 2. The molecule has 38 heavy (non-hydrogen) atoms. The molecule has 1 aliphatic rings. The van der Waals surface area contributed by atoms with Crippen LogP contribution in [0.15, 0.2) is 58.1 Å². The largest absolute Gasteiger partial charge is 0.340 e. The lowest BCUT2D eigenvalue weighted by Gasteiger charge is -2.35. The van der Waals surface area contributed by atoms with E-state index in [1.54, 1.807) is 29.8 Å². The Morgan fingerprint density at radius 2 is 1.71 bits per heavy atom. The molecule has 0 bridgehead atoms. The first-order valence-electron chi connectivity index (χ1n) is 12.6. The van der Waals surface area contributed by atoms with E-state index in [2.05, 4.69) is 33.0 Å². The minimum atomic E-state index is -0.543. The first-order valence-corrected chi connectivity index (χ1v) is 12.6. The van der Waals surface area contributed by atoms with Crippen molar-refractivity contribution in [3.05, 3.63) is 91.9 Å². The number of H-pyrrole nitrogens is 1. The molecule has 1 aliphatic heterocycles. The van der Waals surface area contributed by atoms with Gasteiger partial charge in [-0.25, -0.2) is 9.18 Å². The van der Waals surface area contributed by atoms with Crippen molar-refractivity contribution in [1.29, 1.82) is 5.26 Å². The molecule has 0 saturated carbocycles. The van der Waals surface area contributed by atoms with Crippen molar-refractivity contribution in [1.82, 2.24) is 24.0 Å². The minimum Gasteiger partial charge on any atom is -0.340 e. The Hall–Kier alpha value is -4.23. The van der Waals surface area contributed by atoms with Crippen LogP contribution in [-0.4, -0.2) is 50.2 Å². The van der Waals surface area contributed by atoms with Gasteiger partial charge in [-0.3, -0.25) is 23.8 Å². The molecule has 2 aromatic heterocycles. The standard InChI is InChI=1S/C28H30FN7O2/c1-28(2,18-30)21-10-8-19(9-11-21)16-34-12-14-35(15-13-34)26-31-24-23(25(37)32-27(38)33(24)3)36(26)17-20-6-4-5-7-22(20)29/h4-11H,12-17H2,1-3H3,(H,32,37,38). The number of aromatic nitrogens is 4. The van der Waals surface area contributed by atoms with Crippen molar-refractivity contribution in [2.45, 2.75) is 32.4 Å². The lowest BCUT2D eigenvalue weighted by Crippen LogP contribution is -2.47. The van der Waals surface area contributed by atoms with E-state index >= 15 is 0 Å². The van der Waals surface area contributed by atoms with E-state index in [4.69, 9.17) is 4.98 Å². The zero-order chi connectivity index (χ0) is 27.0. The number of hydrogen-bond acceptors (Lipinski definition) is 6. The maximum absolute atomic E-state index is 14.6. The number of aryl methyl sites for hydroxylation is 1. The highest BCUT2D eigenvalue weighted by molar-refractivity contribution is 5.74. The molecule has 9 nitrogen and oxygen atoms in total. The summed E-state index contributed by atoms with van der Waals surface area (Å²) in [7, 11) is 1.56. The second kappa shape index (κ2) is 9.91. The number of aromatic amines is 1. The maximum atomic E-state index is 14.6. The van der Waals surface area contributed by atoms with Gasteiger partial charge in [-0.1, -0.05) is 42.5 Å². The molecule has 1 N–H and O–H groups in total. The average molecular weight is 516 g/mol. The molecule has 196 valence electrons. The van der Waals surface area contributed by atoms with Crippen molar-refractivity contribution in [3.8, 4) is 6.07 Å². The number of halogens is 1. The van der Waals surface area contributed by atoms with E-state index in [1.807, 2.05) is 26.0 Å². The summed E-state index contributed by atoms with van der Waals surface area (Å²) < 4.78 is 17.6. The third-order valence-electron chi connectivity index (χ3n) is 7.29. The second-order valence-corrected chi connectivity index (χ2v) is 10.3. The molecule has 0 radical (unpaired) electrons. The van der Waals surface area contributed by atoms with Gasteiger partial charge in [0.1, 0.15) is 5.82 Å². The van der Waals surface area contributed by atoms with Gasteiger partial charge in [0.2, 0.25) is 5.95 Å². The van der Waals surface area contributed by atoms with Gasteiger partial charge in [0.25, 0.3) is 5.56 Å². The first-order chi connectivity index (χ1) is 18.2. The molecule has 2 aromatic carbocycles. The van der Waals surface area contributed by atoms with Gasteiger partial charge in [0.05, 0.1) is 18.0 Å². The molecular formula is C28H30FN7O2. The molecule has 3 heterocycles. The zero-order valence-electron chi connectivity index (χ0n) is 21.7. The van der Waals surface area contributed by atoms with E-state index in [0.717, 1.165) is 25.2 Å². The van der Waals surface area contributed by atoms with Crippen LogP contribution in [0.25, 0.3) is 11.2 Å². The van der Waals surface area contributed by atoms with Gasteiger partial charge in [-0.2, -0.15) is 10.2 Å². The minimum absolute atomic E-state index is 0.116. The topological polar surface area (TPSA) is 103 Å². The second-order valence-electron chi connectivity index (χ2n) is 10.3. The van der Waals surface area contributed by atoms with E-state index in [9.17, 15) is 19.2 Å². The summed E-state index contributed by atoms with van der Waals surface area (Å²) in [5, 5.41) is 9.38. The summed E-state index contributed by atoms with van der Waals surface area (Å²) >= 11 is 0. The van der Waals surface area contributed by atoms with Crippen LogP contribution >= 0.6 is 0 Å². The molecule has 0 spiro atoms. The lowest BCUT2D eigenvalue weighted by molar-refractivity contribution is 0.248. The lowest BCUT2D eigenvalue weighted by atomic mass is 9.86. The number of fused-ring (bicyclic) bond motifs is 1. The average Bonchev–Trinajstić information content (AvgIpc) is 3.29. The Kier molecular flexibility index (Phi) is 6.63. The van der Waals surface area contributed by atoms with Crippen molar-refractivity contribution in [2.24, 2.45) is 7.05 Å². The zero-order valence-corrected chi connectivity index (χ0v) is 21.7. The predicted molar refractivity (Wildman–Crippen MR) is 144 cm³/mol. The molecular weight excluding hydrogens is 485 g/mol. The fourth-order valence-electron chi connectivity index (χ4n) is 4.87. The van der Waals surface area contributed by atoms with E-state index in [0.29, 0.717) is 24.6 Å². The number of imidazole rings is 1. The number of piperazine rings is 1. The van der Waals surface area contributed by atoms with Crippen LogP contribution in [0.4, 0.5) is 10.3 Å². The molecule has 0 amide bonds. The first kappa shape index (κ1) is 25.4. The quantitative estimate of drug-likeness (QED) is 0.424. The molecule has 10 heteroatoms. The van der Waals surface area contributed by atoms with Crippen LogP contribution in [0.1, 0.15) is 30.5 Å². The van der Waals surface area contributed by atoms with Crippen LogP contribution in [0.5, 0.6) is 0 Å². The maximum Gasteiger partial charge on any atom is 0.329 e. The summed E-state index contributed by atoms with van der Waals surface area (Å²) in [6.07, 6.45) is 0. The van der Waals surface area contributed by atoms with E-state index in [-0.39, 0.29) is 23.5 Å². The Balaban J connectivity index is 1.39. The number of hydrogen-bond donors (Lipinski definition) is 1. The number of nitrogens with zero attached hydrogens (tertiary/aromatic N) is 6. The van der Waals surface area contributed by atoms with E-state index < -0.39 is 16.7 Å². The molecule has 1 saturated heterocycles. The SMILES string of the molecule is Cn1c(=O)[nH]c(=O)c2c1nc(N1CCN(Cc3ccc(C(C)(C)C#N)cc3)CC1)n2Cc1ccccc1F. The summed E-state index contributed by atoms with van der Waals surface area (Å²) in [5.41, 5.74) is 1.50. The highest BCUT2D eigenvalue weighted by atomic mass is 19.1. The Morgan fingerprint density at radius 1 is 1.03 bits per heavy atom. The molecule has 0 atom stereocenters. The Labute approximate surface area is 219 Å². The van der Waals surface area contributed by atoms with Gasteiger partial charge in [-0.15, -0.1) is 0 Å². The third kappa shape index (κ3) is 4.73. The van der Waals surface area contributed by atoms with Crippen LogP contribution in [0.3, 0.4) is 0 Å². The monoisotopic (exact) mass is 515 g/mol. The number of nitrogens with one attached hydrogen (secondary N) is 1. The van der Waals surface area contributed by atoms with Crippen LogP contribution < -0.4 is 16.1 Å². The van der Waals surface area contributed by atoms with Gasteiger partial charge in [0.15, 0.2) is 11.2 Å².